The molecule has 0 spiro atoms. The van der Waals surface area contributed by atoms with E-state index in [2.05, 4.69) is 4.72 Å². The third-order valence-electron chi connectivity index (χ3n) is 5.80. The maximum atomic E-state index is 14.7. The molecule has 0 bridgehead atoms. The summed E-state index contributed by atoms with van der Waals surface area (Å²) in [6.07, 6.45) is 2.24. The molecule has 1 aromatic heterocycles. The minimum atomic E-state index is -3.49. The van der Waals surface area contributed by atoms with E-state index < -0.39 is 27.9 Å². The van der Waals surface area contributed by atoms with Gasteiger partial charge in [-0.15, -0.1) is 0 Å². The lowest BCUT2D eigenvalue weighted by molar-refractivity contribution is 0.305. The van der Waals surface area contributed by atoms with Gasteiger partial charge in [0.25, 0.3) is 5.56 Å². The summed E-state index contributed by atoms with van der Waals surface area (Å²) in [5, 5.41) is 0. The smallest absolute Gasteiger partial charge is 0.254 e. The first-order valence-electron chi connectivity index (χ1n) is 10.2. The van der Waals surface area contributed by atoms with Gasteiger partial charge in [0.2, 0.25) is 10.0 Å². The van der Waals surface area contributed by atoms with E-state index in [1.807, 2.05) is 54.6 Å². The number of aryl methyl sites for hydroxylation is 1. The van der Waals surface area contributed by atoms with Crippen LogP contribution in [0.4, 0.5) is 4.39 Å². The van der Waals surface area contributed by atoms with Crippen molar-refractivity contribution in [2.24, 2.45) is 0 Å². The van der Waals surface area contributed by atoms with Crippen LogP contribution in [0.25, 0.3) is 11.1 Å². The standard InChI is InChI=1S/C24H25FN2O3S/c1-16-13-20(25)22-12-11-21(26-31(2,29)30)23(27(22)24(16)28)15-17-7-6-10-19(14-17)18-8-4-3-5-9-18/h3-10,13-14,21,23,26H,11-12,15H2,1-2H3/t21-,23-/m0/s1. The molecular formula is C24H25FN2O3S. The first kappa shape index (κ1) is 21.5. The van der Waals surface area contributed by atoms with Gasteiger partial charge in [0, 0.05) is 11.6 Å². The first-order valence-corrected chi connectivity index (χ1v) is 12.1. The SMILES string of the molecule is Cc1cc(F)c2n(c1=O)[C@@H](Cc1cccc(-c3ccccc3)c1)[C@@H](NS(C)(=O)=O)CC2. The lowest BCUT2D eigenvalue weighted by Crippen LogP contribution is -2.49. The van der Waals surface area contributed by atoms with Crippen LogP contribution in [0.15, 0.2) is 65.5 Å². The Balaban J connectivity index is 1.78. The summed E-state index contributed by atoms with van der Waals surface area (Å²) in [6.45, 7) is 1.58. The number of aromatic nitrogens is 1. The number of fused-ring (bicyclic) bond motifs is 1. The van der Waals surface area contributed by atoms with Crippen LogP contribution in [0.2, 0.25) is 0 Å². The second-order valence-electron chi connectivity index (χ2n) is 8.17. The van der Waals surface area contributed by atoms with E-state index in [0.29, 0.717) is 30.5 Å². The molecule has 162 valence electrons. The third-order valence-corrected chi connectivity index (χ3v) is 6.53. The number of rotatable bonds is 5. The second kappa shape index (κ2) is 8.40. The average Bonchev–Trinajstić information content (AvgIpc) is 2.73. The van der Waals surface area contributed by atoms with Gasteiger partial charge in [-0.1, -0.05) is 54.6 Å². The van der Waals surface area contributed by atoms with Crippen molar-refractivity contribution in [1.82, 2.24) is 9.29 Å². The molecule has 2 atom stereocenters. The topological polar surface area (TPSA) is 68.2 Å². The van der Waals surface area contributed by atoms with Crippen LogP contribution in [0.3, 0.4) is 0 Å². The number of benzene rings is 2. The molecule has 0 saturated carbocycles. The van der Waals surface area contributed by atoms with Crippen LogP contribution < -0.4 is 10.3 Å². The maximum Gasteiger partial charge on any atom is 0.254 e. The van der Waals surface area contributed by atoms with Gasteiger partial charge in [0.1, 0.15) is 5.82 Å². The van der Waals surface area contributed by atoms with Gasteiger partial charge < -0.3 is 4.57 Å². The Kier molecular flexibility index (Phi) is 5.81. The van der Waals surface area contributed by atoms with Gasteiger partial charge in [0.05, 0.1) is 18.0 Å². The molecule has 4 rings (SSSR count). The zero-order valence-corrected chi connectivity index (χ0v) is 18.3. The highest BCUT2D eigenvalue weighted by atomic mass is 32.2. The van der Waals surface area contributed by atoms with Crippen LogP contribution in [0, 0.1) is 12.7 Å². The molecule has 0 saturated heterocycles. The van der Waals surface area contributed by atoms with Gasteiger partial charge in [0.15, 0.2) is 0 Å². The summed E-state index contributed by atoms with van der Waals surface area (Å²) in [5.41, 5.74) is 3.42. The summed E-state index contributed by atoms with van der Waals surface area (Å²) >= 11 is 0. The largest absolute Gasteiger partial charge is 0.304 e. The van der Waals surface area contributed by atoms with Crippen molar-refractivity contribution in [3.8, 4) is 11.1 Å². The van der Waals surface area contributed by atoms with E-state index in [9.17, 15) is 17.6 Å². The predicted octanol–water partition coefficient (Wildman–Crippen LogP) is 3.61. The molecule has 1 aliphatic heterocycles. The van der Waals surface area contributed by atoms with E-state index in [0.717, 1.165) is 22.9 Å². The molecule has 5 nitrogen and oxygen atoms in total. The van der Waals surface area contributed by atoms with E-state index in [4.69, 9.17) is 0 Å². The lowest BCUT2D eigenvalue weighted by Gasteiger charge is -2.36. The fourth-order valence-electron chi connectivity index (χ4n) is 4.41. The number of nitrogens with one attached hydrogen (secondary N) is 1. The molecular weight excluding hydrogens is 415 g/mol. The van der Waals surface area contributed by atoms with Crippen LogP contribution in [0.1, 0.15) is 29.3 Å². The number of halogens is 1. The average molecular weight is 441 g/mol. The normalized spacial score (nSPS) is 18.5. The van der Waals surface area contributed by atoms with E-state index >= 15 is 0 Å². The summed E-state index contributed by atoms with van der Waals surface area (Å²) in [7, 11) is -3.49. The summed E-state index contributed by atoms with van der Waals surface area (Å²) in [6, 6.07) is 18.1. The minimum Gasteiger partial charge on any atom is -0.304 e. The van der Waals surface area contributed by atoms with Crippen molar-refractivity contribution in [2.75, 3.05) is 6.26 Å². The molecule has 0 amide bonds. The lowest BCUT2D eigenvalue weighted by atomic mass is 9.90. The van der Waals surface area contributed by atoms with Gasteiger partial charge >= 0.3 is 0 Å². The number of pyridine rings is 1. The Morgan fingerprint density at radius 3 is 2.48 bits per heavy atom. The molecule has 2 aromatic carbocycles. The Bertz CT molecular complexity index is 1270. The zero-order valence-electron chi connectivity index (χ0n) is 17.5. The molecule has 2 heterocycles. The van der Waals surface area contributed by atoms with Crippen LogP contribution in [0.5, 0.6) is 0 Å². The molecule has 7 heteroatoms. The summed E-state index contributed by atoms with van der Waals surface area (Å²) in [5.74, 6) is -0.419. The predicted molar refractivity (Wildman–Crippen MR) is 120 cm³/mol. The zero-order chi connectivity index (χ0) is 22.2. The Labute approximate surface area is 181 Å². The van der Waals surface area contributed by atoms with E-state index in [-0.39, 0.29) is 5.56 Å². The van der Waals surface area contributed by atoms with Gasteiger partial charge in [-0.2, -0.15) is 0 Å². The molecule has 3 aromatic rings. The van der Waals surface area contributed by atoms with Gasteiger partial charge in [-0.05, 0) is 48.9 Å². The van der Waals surface area contributed by atoms with Crippen molar-refractivity contribution in [2.45, 2.75) is 38.3 Å². The van der Waals surface area contributed by atoms with Crippen LogP contribution >= 0.6 is 0 Å². The minimum absolute atomic E-state index is 0.277. The Hall–Kier alpha value is -2.77. The monoisotopic (exact) mass is 440 g/mol. The van der Waals surface area contributed by atoms with Crippen LogP contribution in [-0.2, 0) is 22.9 Å². The quantitative estimate of drug-likeness (QED) is 0.659. The number of hydrogen-bond donors (Lipinski definition) is 1. The van der Waals surface area contributed by atoms with Crippen molar-refractivity contribution >= 4 is 10.0 Å². The highest BCUT2D eigenvalue weighted by Crippen LogP contribution is 2.30. The van der Waals surface area contributed by atoms with E-state index in [1.54, 1.807) is 6.92 Å². The molecule has 0 unspecified atom stereocenters. The molecule has 0 fully saturated rings. The van der Waals surface area contributed by atoms with Crippen LogP contribution in [-0.4, -0.2) is 25.3 Å². The molecule has 0 radical (unpaired) electrons. The molecule has 1 aliphatic rings. The van der Waals surface area contributed by atoms with Crippen molar-refractivity contribution in [1.29, 1.82) is 0 Å². The molecule has 31 heavy (non-hydrogen) atoms. The number of nitrogens with zero attached hydrogens (tertiary/aromatic N) is 1. The fourth-order valence-corrected chi connectivity index (χ4v) is 5.24. The molecule has 1 N–H and O–H groups in total. The number of hydrogen-bond acceptors (Lipinski definition) is 3. The first-order chi connectivity index (χ1) is 14.7. The second-order valence-corrected chi connectivity index (χ2v) is 9.95. The van der Waals surface area contributed by atoms with Crippen molar-refractivity contribution in [3.05, 3.63) is 93.7 Å². The summed E-state index contributed by atoms with van der Waals surface area (Å²) in [4.78, 5) is 13.0. The highest BCUT2D eigenvalue weighted by molar-refractivity contribution is 7.88. The fraction of sp³-hybridized carbons (Fsp3) is 0.292. The highest BCUT2D eigenvalue weighted by Gasteiger charge is 2.34. The van der Waals surface area contributed by atoms with Gasteiger partial charge in [-0.3, -0.25) is 4.79 Å². The molecule has 0 aliphatic carbocycles. The number of sulfonamides is 1. The Morgan fingerprint density at radius 2 is 1.77 bits per heavy atom. The maximum absolute atomic E-state index is 14.7. The van der Waals surface area contributed by atoms with E-state index in [1.165, 1.54) is 10.6 Å². The van der Waals surface area contributed by atoms with Gasteiger partial charge in [-0.25, -0.2) is 17.5 Å². The van der Waals surface area contributed by atoms with Crippen molar-refractivity contribution < 1.29 is 12.8 Å². The van der Waals surface area contributed by atoms with Crippen molar-refractivity contribution in [3.63, 3.8) is 0 Å². The Morgan fingerprint density at radius 1 is 1.06 bits per heavy atom. The summed E-state index contributed by atoms with van der Waals surface area (Å²) < 4.78 is 42.8. The third kappa shape index (κ3) is 4.62.